The van der Waals surface area contributed by atoms with Crippen molar-refractivity contribution in [1.29, 1.82) is 0 Å². The molecule has 0 saturated heterocycles. The molecule has 0 saturated carbocycles. The van der Waals surface area contributed by atoms with Gasteiger partial charge in [0.05, 0.1) is 13.1 Å². The van der Waals surface area contributed by atoms with Crippen LogP contribution in [0.2, 0.25) is 0 Å². The topological polar surface area (TPSA) is 39.1 Å². The van der Waals surface area contributed by atoms with Gasteiger partial charge in [0, 0.05) is 30.4 Å². The third kappa shape index (κ3) is 3.24. The Balaban J connectivity index is 1.65. The molecule has 1 atom stereocenters. The van der Waals surface area contributed by atoms with E-state index < -0.39 is 0 Å². The molecule has 5 heteroatoms. The Morgan fingerprint density at radius 3 is 3.14 bits per heavy atom. The minimum absolute atomic E-state index is 0.0359. The molecule has 0 amide bonds. The second-order valence-electron chi connectivity index (χ2n) is 5.73. The van der Waals surface area contributed by atoms with Crippen molar-refractivity contribution < 1.29 is 9.13 Å². The smallest absolute Gasteiger partial charge is 0.123 e. The lowest BCUT2D eigenvalue weighted by Gasteiger charge is -2.15. The van der Waals surface area contributed by atoms with Crippen LogP contribution in [0.5, 0.6) is 5.75 Å². The summed E-state index contributed by atoms with van der Waals surface area (Å²) in [5.74, 6) is 1.58. The van der Waals surface area contributed by atoms with E-state index in [1.807, 2.05) is 6.20 Å². The van der Waals surface area contributed by atoms with Crippen LogP contribution in [0.3, 0.4) is 0 Å². The first-order valence-corrected chi connectivity index (χ1v) is 7.30. The van der Waals surface area contributed by atoms with Gasteiger partial charge in [-0.15, -0.1) is 0 Å². The van der Waals surface area contributed by atoms with Crippen molar-refractivity contribution in [2.24, 2.45) is 0 Å². The Morgan fingerprint density at radius 1 is 1.48 bits per heavy atom. The summed E-state index contributed by atoms with van der Waals surface area (Å²) in [5, 5.41) is 3.36. The van der Waals surface area contributed by atoms with E-state index in [0.717, 1.165) is 36.6 Å². The number of ether oxygens (including phenoxy) is 1. The molecule has 21 heavy (non-hydrogen) atoms. The summed E-state index contributed by atoms with van der Waals surface area (Å²) in [6, 6.07) is 5.13. The van der Waals surface area contributed by atoms with Gasteiger partial charge in [-0.3, -0.25) is 0 Å². The number of hydrogen-bond acceptors (Lipinski definition) is 3. The average Bonchev–Trinajstić information content (AvgIpc) is 3.02. The van der Waals surface area contributed by atoms with Crippen molar-refractivity contribution in [3.05, 3.63) is 47.8 Å². The first-order chi connectivity index (χ1) is 10.1. The van der Waals surface area contributed by atoms with Gasteiger partial charge < -0.3 is 14.6 Å². The van der Waals surface area contributed by atoms with E-state index in [2.05, 4.69) is 28.7 Å². The number of imidazole rings is 1. The van der Waals surface area contributed by atoms with Gasteiger partial charge >= 0.3 is 0 Å². The monoisotopic (exact) mass is 289 g/mol. The van der Waals surface area contributed by atoms with Gasteiger partial charge in [0.15, 0.2) is 0 Å². The number of hydrogen-bond donors (Lipinski definition) is 1. The Bertz CT molecular complexity index is 624. The van der Waals surface area contributed by atoms with Crippen LogP contribution in [0, 0.1) is 5.82 Å². The quantitative estimate of drug-likeness (QED) is 0.919. The van der Waals surface area contributed by atoms with E-state index in [0.29, 0.717) is 6.04 Å². The summed E-state index contributed by atoms with van der Waals surface area (Å²) in [4.78, 5) is 4.38. The van der Waals surface area contributed by atoms with Crippen LogP contribution in [0.1, 0.15) is 25.2 Å². The van der Waals surface area contributed by atoms with Crippen LogP contribution in [-0.2, 0) is 19.5 Å². The second-order valence-corrected chi connectivity index (χ2v) is 5.73. The fourth-order valence-corrected chi connectivity index (χ4v) is 2.58. The highest BCUT2D eigenvalue weighted by Gasteiger charge is 2.24. The van der Waals surface area contributed by atoms with E-state index in [9.17, 15) is 4.39 Å². The third-order valence-corrected chi connectivity index (χ3v) is 3.63. The Morgan fingerprint density at radius 2 is 2.33 bits per heavy atom. The summed E-state index contributed by atoms with van der Waals surface area (Å²) in [7, 11) is 0. The third-order valence-electron chi connectivity index (χ3n) is 3.63. The van der Waals surface area contributed by atoms with Crippen molar-refractivity contribution in [2.45, 2.75) is 45.5 Å². The van der Waals surface area contributed by atoms with Gasteiger partial charge in [-0.1, -0.05) is 13.8 Å². The summed E-state index contributed by atoms with van der Waals surface area (Å²) < 4.78 is 21.2. The van der Waals surface area contributed by atoms with E-state index in [1.165, 1.54) is 6.07 Å². The highest BCUT2D eigenvalue weighted by molar-refractivity contribution is 5.37. The largest absolute Gasteiger partial charge is 0.488 e. The van der Waals surface area contributed by atoms with Gasteiger partial charge in [0.2, 0.25) is 0 Å². The SMILES string of the molecule is CC(C)NCc1nccn1CC1Cc2cc(F)ccc2O1. The van der Waals surface area contributed by atoms with E-state index in [4.69, 9.17) is 4.74 Å². The van der Waals surface area contributed by atoms with Crippen molar-refractivity contribution >= 4 is 0 Å². The van der Waals surface area contributed by atoms with Crippen LogP contribution in [-0.4, -0.2) is 21.7 Å². The number of nitrogens with one attached hydrogen (secondary N) is 1. The van der Waals surface area contributed by atoms with Crippen LogP contribution < -0.4 is 10.1 Å². The first-order valence-electron chi connectivity index (χ1n) is 7.30. The van der Waals surface area contributed by atoms with Crippen molar-refractivity contribution in [3.63, 3.8) is 0 Å². The van der Waals surface area contributed by atoms with E-state index >= 15 is 0 Å². The molecule has 0 aliphatic carbocycles. The van der Waals surface area contributed by atoms with Crippen LogP contribution in [0.15, 0.2) is 30.6 Å². The standard InChI is InChI=1S/C16H20FN3O/c1-11(2)19-9-16-18-5-6-20(16)10-14-8-12-7-13(17)3-4-15(12)21-14/h3-7,11,14,19H,8-10H2,1-2H3. The molecule has 112 valence electrons. The summed E-state index contributed by atoms with van der Waals surface area (Å²) in [5.41, 5.74) is 0.946. The highest BCUT2D eigenvalue weighted by Crippen LogP contribution is 2.29. The van der Waals surface area contributed by atoms with E-state index in [1.54, 1.807) is 18.3 Å². The fourth-order valence-electron chi connectivity index (χ4n) is 2.58. The second kappa shape index (κ2) is 5.85. The van der Waals surface area contributed by atoms with Crippen molar-refractivity contribution in [2.75, 3.05) is 0 Å². The number of nitrogens with zero attached hydrogens (tertiary/aromatic N) is 2. The molecule has 1 aromatic carbocycles. The minimum atomic E-state index is -0.206. The van der Waals surface area contributed by atoms with Crippen LogP contribution in [0.25, 0.3) is 0 Å². The molecule has 2 heterocycles. The zero-order chi connectivity index (χ0) is 14.8. The molecule has 1 N–H and O–H groups in total. The average molecular weight is 289 g/mol. The molecular formula is C16H20FN3O. The molecule has 0 fully saturated rings. The van der Waals surface area contributed by atoms with Gasteiger partial charge in [0.25, 0.3) is 0 Å². The Hall–Kier alpha value is -1.88. The molecule has 3 rings (SSSR count). The lowest BCUT2D eigenvalue weighted by molar-refractivity contribution is 0.207. The molecule has 1 unspecified atom stereocenters. The maximum absolute atomic E-state index is 13.2. The number of benzene rings is 1. The number of halogens is 1. The molecule has 4 nitrogen and oxygen atoms in total. The summed E-state index contributed by atoms with van der Waals surface area (Å²) in [6.45, 7) is 5.68. The minimum Gasteiger partial charge on any atom is -0.488 e. The lowest BCUT2D eigenvalue weighted by atomic mass is 10.1. The molecule has 1 aliphatic heterocycles. The van der Waals surface area contributed by atoms with Gasteiger partial charge in [-0.2, -0.15) is 0 Å². The molecule has 0 radical (unpaired) electrons. The molecule has 1 aromatic heterocycles. The zero-order valence-corrected chi connectivity index (χ0v) is 12.3. The number of rotatable bonds is 5. The molecule has 0 spiro atoms. The predicted octanol–water partition coefficient (Wildman–Crippen LogP) is 2.52. The van der Waals surface area contributed by atoms with Crippen LogP contribution >= 0.6 is 0 Å². The van der Waals surface area contributed by atoms with Crippen molar-refractivity contribution in [3.8, 4) is 5.75 Å². The number of aromatic nitrogens is 2. The van der Waals surface area contributed by atoms with Crippen LogP contribution in [0.4, 0.5) is 4.39 Å². The lowest BCUT2D eigenvalue weighted by Crippen LogP contribution is -2.26. The van der Waals surface area contributed by atoms with Crippen molar-refractivity contribution in [1.82, 2.24) is 14.9 Å². The maximum Gasteiger partial charge on any atom is 0.123 e. The fraction of sp³-hybridized carbons (Fsp3) is 0.438. The number of fused-ring (bicyclic) bond motifs is 1. The predicted molar refractivity (Wildman–Crippen MR) is 78.7 cm³/mol. The maximum atomic E-state index is 13.2. The van der Waals surface area contributed by atoms with E-state index in [-0.39, 0.29) is 11.9 Å². The Labute approximate surface area is 124 Å². The summed E-state index contributed by atoms with van der Waals surface area (Å²) in [6.07, 6.45) is 4.54. The highest BCUT2D eigenvalue weighted by atomic mass is 19.1. The van der Waals surface area contributed by atoms with Gasteiger partial charge in [0.1, 0.15) is 23.5 Å². The molecule has 2 aromatic rings. The summed E-state index contributed by atoms with van der Waals surface area (Å²) >= 11 is 0. The molecule has 0 bridgehead atoms. The molecular weight excluding hydrogens is 269 g/mol. The molecule has 1 aliphatic rings. The van der Waals surface area contributed by atoms with Gasteiger partial charge in [-0.05, 0) is 18.2 Å². The zero-order valence-electron chi connectivity index (χ0n) is 12.3. The van der Waals surface area contributed by atoms with Gasteiger partial charge in [-0.25, -0.2) is 9.37 Å². The Kier molecular flexibility index (Phi) is 3.92. The first kappa shape index (κ1) is 14.1. The normalized spacial score (nSPS) is 17.0.